The van der Waals surface area contributed by atoms with Crippen LogP contribution in [0.1, 0.15) is 5.56 Å². The molecule has 16 heavy (non-hydrogen) atoms. The van der Waals surface area contributed by atoms with Gasteiger partial charge in [-0.15, -0.1) is 0 Å². The van der Waals surface area contributed by atoms with E-state index in [1.807, 2.05) is 30.3 Å². The lowest BCUT2D eigenvalue weighted by molar-refractivity contribution is -0.144. The Bertz CT molecular complexity index is 373. The van der Waals surface area contributed by atoms with Crippen molar-refractivity contribution in [1.82, 2.24) is 5.32 Å². The van der Waals surface area contributed by atoms with Crippen LogP contribution in [0.25, 0.3) is 0 Å². The summed E-state index contributed by atoms with van der Waals surface area (Å²) >= 11 is 0. The van der Waals surface area contributed by atoms with Crippen molar-refractivity contribution in [2.24, 2.45) is 0 Å². The van der Waals surface area contributed by atoms with Crippen LogP contribution in [0.5, 0.6) is 0 Å². The lowest BCUT2D eigenvalue weighted by atomic mass is 10.2. The molecule has 0 heterocycles. The first-order valence-corrected chi connectivity index (χ1v) is 4.82. The Hall–Kier alpha value is -2.10. The van der Waals surface area contributed by atoms with E-state index in [0.717, 1.165) is 11.6 Å². The van der Waals surface area contributed by atoms with Gasteiger partial charge in [0.25, 0.3) is 0 Å². The van der Waals surface area contributed by atoms with Crippen LogP contribution in [0, 0.1) is 0 Å². The zero-order valence-corrected chi connectivity index (χ0v) is 8.81. The van der Waals surface area contributed by atoms with Crippen molar-refractivity contribution in [3.63, 3.8) is 0 Å². The normalized spacial score (nSPS) is 9.25. The van der Waals surface area contributed by atoms with Gasteiger partial charge in [-0.2, -0.15) is 0 Å². The molecule has 0 radical (unpaired) electrons. The van der Waals surface area contributed by atoms with Crippen molar-refractivity contribution in [3.8, 4) is 0 Å². The Labute approximate surface area is 93.9 Å². The van der Waals surface area contributed by atoms with Crippen molar-refractivity contribution in [3.05, 3.63) is 48.6 Å². The minimum atomic E-state index is -0.473. The van der Waals surface area contributed by atoms with Gasteiger partial charge in [0.1, 0.15) is 13.2 Å². The molecule has 4 nitrogen and oxygen atoms in total. The minimum absolute atomic E-state index is 0.141. The van der Waals surface area contributed by atoms with E-state index < -0.39 is 11.9 Å². The average Bonchev–Trinajstić information content (AvgIpc) is 2.34. The Morgan fingerprint density at radius 3 is 2.62 bits per heavy atom. The second-order valence-corrected chi connectivity index (χ2v) is 3.07. The summed E-state index contributed by atoms with van der Waals surface area (Å²) in [5.41, 5.74) is 0.908. The number of hydrogen-bond acceptors (Lipinski definition) is 3. The molecule has 0 saturated carbocycles. The van der Waals surface area contributed by atoms with Crippen LogP contribution < -0.4 is 5.32 Å². The Morgan fingerprint density at radius 2 is 2.00 bits per heavy atom. The molecule has 0 saturated heterocycles. The van der Waals surface area contributed by atoms with Gasteiger partial charge in [-0.1, -0.05) is 36.9 Å². The maximum Gasteiger partial charge on any atom is 0.325 e. The van der Waals surface area contributed by atoms with Gasteiger partial charge in [-0.3, -0.25) is 9.59 Å². The topological polar surface area (TPSA) is 55.4 Å². The summed E-state index contributed by atoms with van der Waals surface area (Å²) in [6, 6.07) is 9.33. The molecule has 0 aromatic heterocycles. The van der Waals surface area contributed by atoms with Crippen LogP contribution >= 0.6 is 0 Å². The molecule has 0 spiro atoms. The standard InChI is InChI=1S/C12H13NO3/c1-2-11(14)13-8-12(15)16-9-10-6-4-3-5-7-10/h2-7H,1,8-9H2,(H,13,14). The third kappa shape index (κ3) is 4.41. The zero-order chi connectivity index (χ0) is 11.8. The smallest absolute Gasteiger partial charge is 0.325 e. The van der Waals surface area contributed by atoms with Crippen molar-refractivity contribution in [2.45, 2.75) is 6.61 Å². The number of nitrogens with one attached hydrogen (secondary N) is 1. The predicted molar refractivity (Wildman–Crippen MR) is 59.4 cm³/mol. The van der Waals surface area contributed by atoms with E-state index in [9.17, 15) is 9.59 Å². The van der Waals surface area contributed by atoms with Crippen molar-refractivity contribution >= 4 is 11.9 Å². The van der Waals surface area contributed by atoms with Crippen molar-refractivity contribution < 1.29 is 14.3 Å². The molecule has 0 fully saturated rings. The number of carbonyl (C=O) groups is 2. The number of benzene rings is 1. The lowest BCUT2D eigenvalue weighted by Crippen LogP contribution is -2.28. The van der Waals surface area contributed by atoms with E-state index in [-0.39, 0.29) is 13.2 Å². The van der Waals surface area contributed by atoms with Crippen molar-refractivity contribution in [1.29, 1.82) is 0 Å². The quantitative estimate of drug-likeness (QED) is 0.594. The fraction of sp³-hybridized carbons (Fsp3) is 0.167. The van der Waals surface area contributed by atoms with Gasteiger partial charge in [0.05, 0.1) is 0 Å². The van der Waals surface area contributed by atoms with Crippen LogP contribution in [0.3, 0.4) is 0 Å². The third-order valence-corrected chi connectivity index (χ3v) is 1.83. The summed E-state index contributed by atoms with van der Waals surface area (Å²) in [5, 5.41) is 2.34. The molecule has 0 aliphatic heterocycles. The maximum atomic E-state index is 11.2. The van der Waals surface area contributed by atoms with Gasteiger partial charge in [-0.05, 0) is 11.6 Å². The van der Waals surface area contributed by atoms with Gasteiger partial charge in [-0.25, -0.2) is 0 Å². The van der Waals surface area contributed by atoms with Gasteiger partial charge >= 0.3 is 5.97 Å². The minimum Gasteiger partial charge on any atom is -0.460 e. The molecule has 1 N–H and O–H groups in total. The molecule has 0 aliphatic rings. The number of carbonyl (C=O) groups excluding carboxylic acids is 2. The molecular formula is C12H13NO3. The predicted octanol–water partition coefficient (Wildman–Crippen LogP) is 1.03. The summed E-state index contributed by atoms with van der Waals surface area (Å²) in [4.78, 5) is 21.9. The first kappa shape index (κ1) is 12.0. The third-order valence-electron chi connectivity index (χ3n) is 1.83. The van der Waals surface area contributed by atoms with E-state index >= 15 is 0 Å². The number of rotatable bonds is 5. The molecule has 1 aromatic rings. The SMILES string of the molecule is C=CC(=O)NCC(=O)OCc1ccccc1. The molecule has 0 aliphatic carbocycles. The second-order valence-electron chi connectivity index (χ2n) is 3.07. The molecule has 1 amide bonds. The highest BCUT2D eigenvalue weighted by Crippen LogP contribution is 2.00. The number of esters is 1. The summed E-state index contributed by atoms with van der Waals surface area (Å²) in [6.45, 7) is 3.34. The molecule has 0 atom stereocenters. The van der Waals surface area contributed by atoms with Crippen LogP contribution in [-0.2, 0) is 20.9 Å². The Morgan fingerprint density at radius 1 is 1.31 bits per heavy atom. The summed E-state index contributed by atoms with van der Waals surface area (Å²) in [7, 11) is 0. The highest BCUT2D eigenvalue weighted by atomic mass is 16.5. The summed E-state index contributed by atoms with van der Waals surface area (Å²) < 4.78 is 4.94. The van der Waals surface area contributed by atoms with E-state index in [1.54, 1.807) is 0 Å². The van der Waals surface area contributed by atoms with E-state index in [4.69, 9.17) is 4.74 Å². The second kappa shape index (κ2) is 6.40. The largest absolute Gasteiger partial charge is 0.460 e. The van der Waals surface area contributed by atoms with Crippen LogP contribution in [0.4, 0.5) is 0 Å². The van der Waals surface area contributed by atoms with Gasteiger partial charge < -0.3 is 10.1 Å². The fourth-order valence-corrected chi connectivity index (χ4v) is 1.02. The summed E-state index contributed by atoms with van der Waals surface area (Å²) in [5.74, 6) is -0.865. The first-order valence-electron chi connectivity index (χ1n) is 4.82. The molecule has 0 bridgehead atoms. The molecule has 84 valence electrons. The first-order chi connectivity index (χ1) is 7.72. The Balaban J connectivity index is 2.25. The molecular weight excluding hydrogens is 206 g/mol. The summed E-state index contributed by atoms with van der Waals surface area (Å²) in [6.07, 6.45) is 1.10. The van der Waals surface area contributed by atoms with Gasteiger partial charge in [0.15, 0.2) is 0 Å². The number of hydrogen-bond donors (Lipinski definition) is 1. The number of ether oxygens (including phenoxy) is 1. The zero-order valence-electron chi connectivity index (χ0n) is 8.81. The molecule has 0 unspecified atom stereocenters. The molecule has 1 aromatic carbocycles. The fourth-order valence-electron chi connectivity index (χ4n) is 1.02. The van der Waals surface area contributed by atoms with Crippen molar-refractivity contribution in [2.75, 3.05) is 6.54 Å². The van der Waals surface area contributed by atoms with Gasteiger partial charge in [0, 0.05) is 0 Å². The highest BCUT2D eigenvalue weighted by molar-refractivity contribution is 5.89. The van der Waals surface area contributed by atoms with E-state index in [1.165, 1.54) is 0 Å². The van der Waals surface area contributed by atoms with Crippen LogP contribution in [-0.4, -0.2) is 18.4 Å². The maximum absolute atomic E-state index is 11.2. The Kier molecular flexibility index (Phi) is 4.79. The average molecular weight is 219 g/mol. The highest BCUT2D eigenvalue weighted by Gasteiger charge is 2.04. The lowest BCUT2D eigenvalue weighted by Gasteiger charge is -2.04. The molecule has 4 heteroatoms. The monoisotopic (exact) mass is 219 g/mol. The van der Waals surface area contributed by atoms with E-state index in [2.05, 4.69) is 11.9 Å². The molecule has 1 rings (SSSR count). The van der Waals surface area contributed by atoms with E-state index in [0.29, 0.717) is 0 Å². The van der Waals surface area contributed by atoms with Crippen LogP contribution in [0.15, 0.2) is 43.0 Å². The van der Waals surface area contributed by atoms with Gasteiger partial charge in [0.2, 0.25) is 5.91 Å². The number of amides is 1. The van der Waals surface area contributed by atoms with Crippen LogP contribution in [0.2, 0.25) is 0 Å².